The van der Waals surface area contributed by atoms with Crippen LogP contribution in [-0.2, 0) is 6.54 Å². The molecule has 2 heterocycles. The van der Waals surface area contributed by atoms with Gasteiger partial charge in [-0.3, -0.25) is 0 Å². The van der Waals surface area contributed by atoms with E-state index >= 15 is 0 Å². The summed E-state index contributed by atoms with van der Waals surface area (Å²) >= 11 is 0. The second-order valence-corrected chi connectivity index (χ2v) is 5.11. The number of nitrogens with zero attached hydrogens (tertiary/aromatic N) is 4. The number of hydrogen-bond acceptors (Lipinski definition) is 4. The number of aromatic nitrogens is 4. The second kappa shape index (κ2) is 5.48. The van der Waals surface area contributed by atoms with Crippen molar-refractivity contribution >= 4 is 0 Å². The van der Waals surface area contributed by atoms with Gasteiger partial charge in [-0.05, 0) is 20.8 Å². The summed E-state index contributed by atoms with van der Waals surface area (Å²) in [5.41, 5.74) is 4.36. The van der Waals surface area contributed by atoms with Crippen LogP contribution in [0.3, 0.4) is 0 Å². The summed E-state index contributed by atoms with van der Waals surface area (Å²) in [4.78, 5) is 8.41. The molecular formula is C14H21N5. The van der Waals surface area contributed by atoms with Crippen LogP contribution in [0.4, 0.5) is 0 Å². The van der Waals surface area contributed by atoms with Gasteiger partial charge in [0.1, 0.15) is 6.33 Å². The van der Waals surface area contributed by atoms with E-state index in [0.29, 0.717) is 6.04 Å². The molecule has 1 N–H and O–H groups in total. The maximum atomic E-state index is 4.59. The van der Waals surface area contributed by atoms with Crippen molar-refractivity contribution in [3.05, 3.63) is 35.0 Å². The minimum atomic E-state index is 0.462. The van der Waals surface area contributed by atoms with Gasteiger partial charge in [-0.15, -0.1) is 0 Å². The summed E-state index contributed by atoms with van der Waals surface area (Å²) in [6, 6.07) is 2.41. The summed E-state index contributed by atoms with van der Waals surface area (Å²) in [6.45, 7) is 11.2. The Hall–Kier alpha value is -1.75. The molecule has 2 aromatic heterocycles. The number of rotatable bonds is 4. The lowest BCUT2D eigenvalue weighted by Crippen LogP contribution is -2.22. The van der Waals surface area contributed by atoms with Gasteiger partial charge in [0.25, 0.3) is 0 Å². The standard InChI is InChI=1S/C14H21N5/c1-9(2)15-7-13-11(4)18-19(12(13)5)14-6-10(3)16-8-17-14/h6,8-9,15H,7H2,1-5H3. The van der Waals surface area contributed by atoms with Gasteiger partial charge in [0.15, 0.2) is 5.82 Å². The van der Waals surface area contributed by atoms with Crippen LogP contribution in [0.2, 0.25) is 0 Å². The second-order valence-electron chi connectivity index (χ2n) is 5.11. The molecular weight excluding hydrogens is 238 g/mol. The maximum absolute atomic E-state index is 4.59. The van der Waals surface area contributed by atoms with Crippen LogP contribution < -0.4 is 5.32 Å². The summed E-state index contributed by atoms with van der Waals surface area (Å²) in [5.74, 6) is 0.823. The number of nitrogens with one attached hydrogen (secondary N) is 1. The summed E-state index contributed by atoms with van der Waals surface area (Å²) in [7, 11) is 0. The van der Waals surface area contributed by atoms with Gasteiger partial charge in [0, 0.05) is 35.6 Å². The van der Waals surface area contributed by atoms with E-state index < -0.39 is 0 Å². The average molecular weight is 259 g/mol. The van der Waals surface area contributed by atoms with E-state index in [4.69, 9.17) is 0 Å². The SMILES string of the molecule is Cc1cc(-n2nc(C)c(CNC(C)C)c2C)ncn1. The van der Waals surface area contributed by atoms with Crippen molar-refractivity contribution in [2.24, 2.45) is 0 Å². The summed E-state index contributed by atoms with van der Waals surface area (Å²) in [6.07, 6.45) is 1.58. The molecule has 0 unspecified atom stereocenters. The van der Waals surface area contributed by atoms with Gasteiger partial charge in [-0.1, -0.05) is 13.8 Å². The largest absolute Gasteiger partial charge is 0.310 e. The van der Waals surface area contributed by atoms with Crippen LogP contribution in [0.5, 0.6) is 0 Å². The number of aryl methyl sites for hydroxylation is 2. The Morgan fingerprint density at radius 2 is 1.95 bits per heavy atom. The smallest absolute Gasteiger partial charge is 0.157 e. The Balaban J connectivity index is 2.35. The van der Waals surface area contributed by atoms with Gasteiger partial charge in [0.2, 0.25) is 0 Å². The van der Waals surface area contributed by atoms with Crippen LogP contribution in [-0.4, -0.2) is 25.8 Å². The van der Waals surface area contributed by atoms with E-state index in [1.807, 2.05) is 24.6 Å². The Morgan fingerprint density at radius 1 is 1.21 bits per heavy atom. The van der Waals surface area contributed by atoms with E-state index in [1.165, 1.54) is 5.56 Å². The van der Waals surface area contributed by atoms with Crippen molar-refractivity contribution in [1.82, 2.24) is 25.1 Å². The van der Waals surface area contributed by atoms with Crippen LogP contribution in [0.15, 0.2) is 12.4 Å². The Labute approximate surface area is 114 Å². The molecule has 0 aliphatic heterocycles. The highest BCUT2D eigenvalue weighted by molar-refractivity contribution is 5.32. The van der Waals surface area contributed by atoms with Crippen LogP contribution in [0.25, 0.3) is 5.82 Å². The highest BCUT2D eigenvalue weighted by Gasteiger charge is 2.13. The molecule has 19 heavy (non-hydrogen) atoms. The highest BCUT2D eigenvalue weighted by atomic mass is 15.3. The fraction of sp³-hybridized carbons (Fsp3) is 0.500. The molecule has 0 fully saturated rings. The average Bonchev–Trinajstić information content (AvgIpc) is 2.62. The van der Waals surface area contributed by atoms with Crippen molar-refractivity contribution in [3.8, 4) is 5.82 Å². The fourth-order valence-corrected chi connectivity index (χ4v) is 2.02. The third kappa shape index (κ3) is 2.98. The molecule has 0 radical (unpaired) electrons. The minimum Gasteiger partial charge on any atom is -0.310 e. The maximum Gasteiger partial charge on any atom is 0.157 e. The zero-order valence-electron chi connectivity index (χ0n) is 12.2. The normalized spacial score (nSPS) is 11.3. The Morgan fingerprint density at radius 3 is 2.58 bits per heavy atom. The van der Waals surface area contributed by atoms with Gasteiger partial charge in [-0.2, -0.15) is 5.10 Å². The molecule has 0 saturated heterocycles. The lowest BCUT2D eigenvalue weighted by atomic mass is 10.2. The van der Waals surface area contributed by atoms with E-state index in [0.717, 1.165) is 29.4 Å². The van der Waals surface area contributed by atoms with Crippen molar-refractivity contribution in [1.29, 1.82) is 0 Å². The summed E-state index contributed by atoms with van der Waals surface area (Å²) < 4.78 is 1.89. The molecule has 5 nitrogen and oxygen atoms in total. The predicted octanol–water partition coefficient (Wildman–Crippen LogP) is 2.09. The first-order valence-electron chi connectivity index (χ1n) is 6.56. The molecule has 0 aliphatic carbocycles. The van der Waals surface area contributed by atoms with E-state index in [-0.39, 0.29) is 0 Å². The molecule has 0 spiro atoms. The van der Waals surface area contributed by atoms with E-state index in [2.05, 4.69) is 41.2 Å². The van der Waals surface area contributed by atoms with Gasteiger partial charge >= 0.3 is 0 Å². The monoisotopic (exact) mass is 259 g/mol. The van der Waals surface area contributed by atoms with E-state index in [9.17, 15) is 0 Å². The highest BCUT2D eigenvalue weighted by Crippen LogP contribution is 2.16. The lowest BCUT2D eigenvalue weighted by Gasteiger charge is -2.08. The molecule has 0 saturated carbocycles. The van der Waals surface area contributed by atoms with Crippen LogP contribution in [0, 0.1) is 20.8 Å². The van der Waals surface area contributed by atoms with E-state index in [1.54, 1.807) is 6.33 Å². The Kier molecular flexibility index (Phi) is 3.95. The van der Waals surface area contributed by atoms with Gasteiger partial charge in [0.05, 0.1) is 5.69 Å². The molecule has 5 heteroatoms. The van der Waals surface area contributed by atoms with Gasteiger partial charge < -0.3 is 5.32 Å². The molecule has 0 bridgehead atoms. The van der Waals surface area contributed by atoms with Crippen molar-refractivity contribution in [3.63, 3.8) is 0 Å². The van der Waals surface area contributed by atoms with Crippen molar-refractivity contribution < 1.29 is 0 Å². The molecule has 2 rings (SSSR count). The fourth-order valence-electron chi connectivity index (χ4n) is 2.02. The topological polar surface area (TPSA) is 55.6 Å². The third-order valence-corrected chi connectivity index (χ3v) is 3.13. The zero-order valence-corrected chi connectivity index (χ0v) is 12.2. The molecule has 0 atom stereocenters. The third-order valence-electron chi connectivity index (χ3n) is 3.13. The van der Waals surface area contributed by atoms with Crippen molar-refractivity contribution in [2.45, 2.75) is 47.2 Å². The molecule has 2 aromatic rings. The molecule has 0 aromatic carbocycles. The lowest BCUT2D eigenvalue weighted by molar-refractivity contribution is 0.586. The predicted molar refractivity (Wildman–Crippen MR) is 75.3 cm³/mol. The quantitative estimate of drug-likeness (QED) is 0.913. The first kappa shape index (κ1) is 13.7. The van der Waals surface area contributed by atoms with Crippen LogP contribution in [0.1, 0.15) is 36.5 Å². The van der Waals surface area contributed by atoms with Crippen LogP contribution >= 0.6 is 0 Å². The van der Waals surface area contributed by atoms with Gasteiger partial charge in [-0.25, -0.2) is 14.6 Å². The summed E-state index contributed by atoms with van der Waals surface area (Å²) in [5, 5.41) is 8.02. The molecule has 102 valence electrons. The first-order valence-corrected chi connectivity index (χ1v) is 6.56. The minimum absolute atomic E-state index is 0.462. The first-order chi connectivity index (χ1) is 8.99. The van der Waals surface area contributed by atoms with Crippen molar-refractivity contribution in [2.75, 3.05) is 0 Å². The number of hydrogen-bond donors (Lipinski definition) is 1. The Bertz CT molecular complexity index is 571. The zero-order chi connectivity index (χ0) is 14.0. The molecule has 0 amide bonds. The molecule has 0 aliphatic rings.